The van der Waals surface area contributed by atoms with Crippen LogP contribution in [0.3, 0.4) is 0 Å². The summed E-state index contributed by atoms with van der Waals surface area (Å²) >= 11 is 1.70. The normalized spacial score (nSPS) is 18.3. The smallest absolute Gasteiger partial charge is 0.224 e. The van der Waals surface area contributed by atoms with Crippen molar-refractivity contribution in [2.24, 2.45) is 5.92 Å². The zero-order valence-electron chi connectivity index (χ0n) is 9.98. The van der Waals surface area contributed by atoms with Crippen molar-refractivity contribution < 1.29 is 4.79 Å². The van der Waals surface area contributed by atoms with E-state index in [0.29, 0.717) is 12.3 Å². The van der Waals surface area contributed by atoms with E-state index in [4.69, 9.17) is 0 Å². The van der Waals surface area contributed by atoms with Gasteiger partial charge in [0.2, 0.25) is 5.91 Å². The summed E-state index contributed by atoms with van der Waals surface area (Å²) in [6, 6.07) is 7.95. The minimum absolute atomic E-state index is 0.110. The molecule has 90 valence electrons. The maximum absolute atomic E-state index is 11.8. The van der Waals surface area contributed by atoms with Crippen LogP contribution in [0.1, 0.15) is 19.3 Å². The molecule has 1 N–H and O–H groups in total. The van der Waals surface area contributed by atoms with Crippen LogP contribution in [-0.4, -0.2) is 12.2 Å². The summed E-state index contributed by atoms with van der Waals surface area (Å²) in [5, 5.41) is 2.94. The van der Waals surface area contributed by atoms with E-state index in [1.54, 1.807) is 11.8 Å². The van der Waals surface area contributed by atoms with Gasteiger partial charge in [0.15, 0.2) is 0 Å². The fourth-order valence-electron chi connectivity index (χ4n) is 1.99. The van der Waals surface area contributed by atoms with Crippen LogP contribution in [0.2, 0.25) is 0 Å². The van der Waals surface area contributed by atoms with Gasteiger partial charge in [-0.1, -0.05) is 12.2 Å². The van der Waals surface area contributed by atoms with Gasteiger partial charge in [0.25, 0.3) is 0 Å². The molecule has 0 fully saturated rings. The SMILES string of the molecule is CSc1ccc(NC(=O)CC2C=CCC2)cc1. The van der Waals surface area contributed by atoms with Crippen LogP contribution in [-0.2, 0) is 4.79 Å². The minimum Gasteiger partial charge on any atom is -0.326 e. The summed E-state index contributed by atoms with van der Waals surface area (Å²) in [6.07, 6.45) is 9.17. The summed E-state index contributed by atoms with van der Waals surface area (Å²) in [6.45, 7) is 0. The van der Waals surface area contributed by atoms with E-state index in [9.17, 15) is 4.79 Å². The van der Waals surface area contributed by atoms with Crippen LogP contribution < -0.4 is 5.32 Å². The molecule has 0 spiro atoms. The largest absolute Gasteiger partial charge is 0.326 e. The van der Waals surface area contributed by atoms with Crippen LogP contribution in [0.15, 0.2) is 41.3 Å². The Labute approximate surface area is 106 Å². The number of hydrogen-bond acceptors (Lipinski definition) is 2. The van der Waals surface area contributed by atoms with Gasteiger partial charge >= 0.3 is 0 Å². The predicted octanol–water partition coefficient (Wildman–Crippen LogP) is 3.70. The van der Waals surface area contributed by atoms with Crippen LogP contribution in [0.4, 0.5) is 5.69 Å². The lowest BCUT2D eigenvalue weighted by Crippen LogP contribution is -2.14. The van der Waals surface area contributed by atoms with E-state index < -0.39 is 0 Å². The zero-order chi connectivity index (χ0) is 12.1. The molecule has 1 amide bonds. The first kappa shape index (κ1) is 12.2. The average molecular weight is 247 g/mol. The number of anilines is 1. The Morgan fingerprint density at radius 1 is 1.41 bits per heavy atom. The molecule has 17 heavy (non-hydrogen) atoms. The second-order valence-corrected chi connectivity index (χ2v) is 5.13. The molecular weight excluding hydrogens is 230 g/mol. The fourth-order valence-corrected chi connectivity index (χ4v) is 2.40. The zero-order valence-corrected chi connectivity index (χ0v) is 10.8. The molecule has 0 aromatic heterocycles. The number of carbonyl (C=O) groups excluding carboxylic acids is 1. The monoisotopic (exact) mass is 247 g/mol. The molecular formula is C14H17NOS. The number of hydrogen-bond donors (Lipinski definition) is 1. The first-order valence-corrected chi connectivity index (χ1v) is 7.11. The standard InChI is InChI=1S/C14H17NOS/c1-17-13-8-6-12(7-9-13)15-14(16)10-11-4-2-3-5-11/h2,4,6-9,11H,3,5,10H2,1H3,(H,15,16). The van der Waals surface area contributed by atoms with Crippen molar-refractivity contribution in [2.45, 2.75) is 24.2 Å². The molecule has 1 aliphatic carbocycles. The summed E-state index contributed by atoms with van der Waals surface area (Å²) in [5.74, 6) is 0.541. The highest BCUT2D eigenvalue weighted by molar-refractivity contribution is 7.98. The van der Waals surface area contributed by atoms with Gasteiger partial charge in [0.1, 0.15) is 0 Å². The van der Waals surface area contributed by atoms with Gasteiger partial charge < -0.3 is 5.32 Å². The quantitative estimate of drug-likeness (QED) is 0.649. The lowest BCUT2D eigenvalue weighted by atomic mass is 10.1. The molecule has 0 heterocycles. The van der Waals surface area contributed by atoms with E-state index in [-0.39, 0.29) is 5.91 Å². The van der Waals surface area contributed by atoms with E-state index in [2.05, 4.69) is 17.5 Å². The molecule has 3 heteroatoms. The maximum atomic E-state index is 11.8. The van der Waals surface area contributed by atoms with Crippen molar-refractivity contribution in [1.29, 1.82) is 0 Å². The Kier molecular flexibility index (Phi) is 4.26. The molecule has 0 aliphatic heterocycles. The third-order valence-corrected chi connectivity index (χ3v) is 3.68. The highest BCUT2D eigenvalue weighted by Gasteiger charge is 2.13. The fraction of sp³-hybridized carbons (Fsp3) is 0.357. The first-order valence-electron chi connectivity index (χ1n) is 5.88. The highest BCUT2D eigenvalue weighted by Crippen LogP contribution is 2.22. The summed E-state index contributed by atoms with van der Waals surface area (Å²) in [5.41, 5.74) is 0.884. The lowest BCUT2D eigenvalue weighted by Gasteiger charge is -2.09. The van der Waals surface area contributed by atoms with Gasteiger partial charge in [-0.25, -0.2) is 0 Å². The van der Waals surface area contributed by atoms with Crippen LogP contribution >= 0.6 is 11.8 Å². The topological polar surface area (TPSA) is 29.1 Å². The van der Waals surface area contributed by atoms with E-state index >= 15 is 0 Å². The molecule has 0 saturated heterocycles. The number of thioether (sulfide) groups is 1. The number of allylic oxidation sites excluding steroid dienone is 2. The van der Waals surface area contributed by atoms with Gasteiger partial charge in [0.05, 0.1) is 0 Å². The molecule has 0 radical (unpaired) electrons. The van der Waals surface area contributed by atoms with Gasteiger partial charge in [-0.2, -0.15) is 0 Å². The maximum Gasteiger partial charge on any atom is 0.224 e. The Morgan fingerprint density at radius 2 is 2.18 bits per heavy atom. The minimum atomic E-state index is 0.110. The average Bonchev–Trinajstić information content (AvgIpc) is 2.82. The van der Waals surface area contributed by atoms with E-state index in [1.165, 1.54) is 4.90 Å². The number of nitrogens with one attached hydrogen (secondary N) is 1. The molecule has 0 saturated carbocycles. The van der Waals surface area contributed by atoms with Gasteiger partial charge in [-0.15, -0.1) is 11.8 Å². The lowest BCUT2D eigenvalue weighted by molar-refractivity contribution is -0.116. The molecule has 1 aromatic rings. The van der Waals surface area contributed by atoms with Crippen molar-refractivity contribution in [3.63, 3.8) is 0 Å². The van der Waals surface area contributed by atoms with Gasteiger partial charge in [-0.3, -0.25) is 4.79 Å². The van der Waals surface area contributed by atoms with Crippen LogP contribution in [0, 0.1) is 5.92 Å². The molecule has 1 aromatic carbocycles. The van der Waals surface area contributed by atoms with E-state index in [1.807, 2.05) is 30.5 Å². The number of carbonyl (C=O) groups is 1. The molecule has 1 unspecified atom stereocenters. The third kappa shape index (κ3) is 3.63. The second-order valence-electron chi connectivity index (χ2n) is 4.25. The Bertz CT molecular complexity index is 411. The van der Waals surface area contributed by atoms with E-state index in [0.717, 1.165) is 18.5 Å². The Balaban J connectivity index is 1.86. The molecule has 2 nitrogen and oxygen atoms in total. The predicted molar refractivity (Wildman–Crippen MR) is 73.3 cm³/mol. The molecule has 2 rings (SSSR count). The number of rotatable bonds is 4. The summed E-state index contributed by atoms with van der Waals surface area (Å²) < 4.78 is 0. The van der Waals surface area contributed by atoms with Crippen molar-refractivity contribution in [3.8, 4) is 0 Å². The molecule has 1 atom stereocenters. The van der Waals surface area contributed by atoms with Crippen molar-refractivity contribution in [2.75, 3.05) is 11.6 Å². The van der Waals surface area contributed by atoms with Crippen LogP contribution in [0.5, 0.6) is 0 Å². The van der Waals surface area contributed by atoms with Crippen molar-refractivity contribution >= 4 is 23.4 Å². The third-order valence-electron chi connectivity index (χ3n) is 2.93. The Hall–Kier alpha value is -1.22. The molecule has 1 aliphatic rings. The highest BCUT2D eigenvalue weighted by atomic mass is 32.2. The van der Waals surface area contributed by atoms with Gasteiger partial charge in [-0.05, 0) is 49.3 Å². The first-order chi connectivity index (χ1) is 8.28. The number of amides is 1. The van der Waals surface area contributed by atoms with Gasteiger partial charge in [0, 0.05) is 17.0 Å². The van der Waals surface area contributed by atoms with Crippen molar-refractivity contribution in [3.05, 3.63) is 36.4 Å². The second kappa shape index (κ2) is 5.92. The Morgan fingerprint density at radius 3 is 2.76 bits per heavy atom. The number of benzene rings is 1. The van der Waals surface area contributed by atoms with Crippen LogP contribution in [0.25, 0.3) is 0 Å². The van der Waals surface area contributed by atoms with Crippen molar-refractivity contribution in [1.82, 2.24) is 0 Å². The summed E-state index contributed by atoms with van der Waals surface area (Å²) in [7, 11) is 0. The summed E-state index contributed by atoms with van der Waals surface area (Å²) in [4.78, 5) is 13.0. The molecule has 0 bridgehead atoms.